The summed E-state index contributed by atoms with van der Waals surface area (Å²) >= 11 is 10.7. The first kappa shape index (κ1) is 13.4. The molecule has 0 radical (unpaired) electrons. The van der Waals surface area contributed by atoms with Crippen LogP contribution in [0.25, 0.3) is 0 Å². The van der Waals surface area contributed by atoms with Crippen LogP contribution in [0.2, 0.25) is 4.34 Å². The maximum Gasteiger partial charge on any atom is 0.264 e. The Morgan fingerprint density at radius 1 is 1.53 bits per heavy atom. The van der Waals surface area contributed by atoms with Crippen molar-refractivity contribution in [1.29, 1.82) is 0 Å². The molecule has 1 atom stereocenters. The molecule has 0 saturated carbocycles. The van der Waals surface area contributed by atoms with E-state index in [1.165, 1.54) is 17.8 Å². The number of carbonyl (C=O) groups is 1. The predicted molar refractivity (Wildman–Crippen MR) is 76.4 cm³/mol. The lowest BCUT2D eigenvalue weighted by molar-refractivity contribution is 0.0615. The van der Waals surface area contributed by atoms with E-state index in [9.17, 15) is 4.79 Å². The molecule has 0 bridgehead atoms. The maximum absolute atomic E-state index is 12.4. The van der Waals surface area contributed by atoms with Crippen LogP contribution in [0.1, 0.15) is 35.4 Å². The van der Waals surface area contributed by atoms with E-state index in [-0.39, 0.29) is 5.91 Å². The van der Waals surface area contributed by atoms with Crippen molar-refractivity contribution < 1.29 is 4.79 Å². The lowest BCUT2D eigenvalue weighted by Crippen LogP contribution is -2.43. The van der Waals surface area contributed by atoms with Crippen LogP contribution in [0.5, 0.6) is 0 Å². The number of hydrogen-bond acceptors (Lipinski definition) is 2. The zero-order chi connectivity index (χ0) is 12.3. The van der Waals surface area contributed by atoms with Crippen molar-refractivity contribution in [1.82, 2.24) is 4.90 Å². The number of halogens is 2. The molecule has 0 spiro atoms. The average Bonchev–Trinajstić information content (AvgIpc) is 2.76. The molecule has 1 fully saturated rings. The third-order valence-electron chi connectivity index (χ3n) is 3.11. The van der Waals surface area contributed by atoms with Gasteiger partial charge in [-0.15, -0.1) is 11.3 Å². The Morgan fingerprint density at radius 3 is 3.00 bits per heavy atom. The zero-order valence-electron chi connectivity index (χ0n) is 9.49. The minimum absolute atomic E-state index is 0.146. The van der Waals surface area contributed by atoms with Crippen LogP contribution in [0.4, 0.5) is 0 Å². The molecule has 1 saturated heterocycles. The van der Waals surface area contributed by atoms with Gasteiger partial charge in [-0.05, 0) is 37.8 Å². The van der Waals surface area contributed by atoms with Gasteiger partial charge in [0.05, 0.1) is 9.21 Å². The standard InChI is InChI=1S/C12H15BrClNOS/c13-7-6-9-3-1-2-8-15(9)12(16)10-4-5-11(14)17-10/h4-5,9H,1-3,6-8H2. The van der Waals surface area contributed by atoms with Crippen molar-refractivity contribution in [3.8, 4) is 0 Å². The Balaban J connectivity index is 2.10. The Bertz CT molecular complexity index is 394. The number of carbonyl (C=O) groups excluding carboxylic acids is 1. The number of alkyl halides is 1. The first-order chi connectivity index (χ1) is 8.22. The smallest absolute Gasteiger partial charge is 0.264 e. The van der Waals surface area contributed by atoms with E-state index in [1.807, 2.05) is 11.0 Å². The highest BCUT2D eigenvalue weighted by Crippen LogP contribution is 2.27. The summed E-state index contributed by atoms with van der Waals surface area (Å²) in [6, 6.07) is 4.01. The van der Waals surface area contributed by atoms with Crippen molar-refractivity contribution in [3.05, 3.63) is 21.3 Å². The highest BCUT2D eigenvalue weighted by Gasteiger charge is 2.27. The summed E-state index contributed by atoms with van der Waals surface area (Å²) in [6.07, 6.45) is 4.50. The Kier molecular flexibility index (Phi) is 4.88. The molecule has 1 aromatic heterocycles. The number of likely N-dealkylation sites (tertiary alicyclic amines) is 1. The maximum atomic E-state index is 12.4. The minimum atomic E-state index is 0.146. The molecule has 0 aliphatic carbocycles. The summed E-state index contributed by atoms with van der Waals surface area (Å²) in [5.41, 5.74) is 0. The Hall–Kier alpha value is -0.0600. The van der Waals surface area contributed by atoms with E-state index in [1.54, 1.807) is 6.07 Å². The van der Waals surface area contributed by atoms with E-state index in [4.69, 9.17) is 11.6 Å². The first-order valence-electron chi connectivity index (χ1n) is 5.84. The van der Waals surface area contributed by atoms with Crippen molar-refractivity contribution in [2.75, 3.05) is 11.9 Å². The van der Waals surface area contributed by atoms with Gasteiger partial charge in [-0.25, -0.2) is 0 Å². The van der Waals surface area contributed by atoms with Crippen LogP contribution in [0.3, 0.4) is 0 Å². The molecular formula is C12H15BrClNOS. The molecule has 1 aliphatic rings. The molecule has 0 N–H and O–H groups in total. The van der Waals surface area contributed by atoms with E-state index in [0.29, 0.717) is 10.4 Å². The van der Waals surface area contributed by atoms with Crippen LogP contribution in [-0.2, 0) is 0 Å². The Morgan fingerprint density at radius 2 is 2.35 bits per heavy atom. The van der Waals surface area contributed by atoms with Gasteiger partial charge in [-0.3, -0.25) is 4.79 Å². The zero-order valence-corrected chi connectivity index (χ0v) is 12.7. The van der Waals surface area contributed by atoms with Crippen LogP contribution < -0.4 is 0 Å². The van der Waals surface area contributed by atoms with Crippen molar-refractivity contribution in [3.63, 3.8) is 0 Å². The molecule has 5 heteroatoms. The normalized spacial score (nSPS) is 20.6. The van der Waals surface area contributed by atoms with E-state index >= 15 is 0 Å². The summed E-state index contributed by atoms with van der Waals surface area (Å²) in [6.45, 7) is 0.881. The van der Waals surface area contributed by atoms with E-state index in [2.05, 4.69) is 15.9 Å². The quantitative estimate of drug-likeness (QED) is 0.758. The topological polar surface area (TPSA) is 20.3 Å². The van der Waals surface area contributed by atoms with E-state index in [0.717, 1.165) is 36.0 Å². The van der Waals surface area contributed by atoms with Crippen molar-refractivity contribution in [2.45, 2.75) is 31.7 Å². The molecule has 17 heavy (non-hydrogen) atoms. The number of piperidine rings is 1. The molecule has 2 nitrogen and oxygen atoms in total. The summed E-state index contributed by atoms with van der Waals surface area (Å²) in [7, 11) is 0. The van der Waals surface area contributed by atoms with Crippen LogP contribution in [-0.4, -0.2) is 28.7 Å². The lowest BCUT2D eigenvalue weighted by Gasteiger charge is -2.35. The van der Waals surface area contributed by atoms with Gasteiger partial charge < -0.3 is 4.90 Å². The molecule has 1 amide bonds. The van der Waals surface area contributed by atoms with Gasteiger partial charge in [0.15, 0.2) is 0 Å². The van der Waals surface area contributed by atoms with Crippen LogP contribution >= 0.6 is 38.9 Å². The van der Waals surface area contributed by atoms with Crippen LogP contribution in [0, 0.1) is 0 Å². The van der Waals surface area contributed by atoms with Gasteiger partial charge in [0.25, 0.3) is 5.91 Å². The second-order valence-corrected chi connectivity index (χ2v) is 6.74. The third kappa shape index (κ3) is 3.24. The second kappa shape index (κ2) is 6.21. The largest absolute Gasteiger partial charge is 0.335 e. The lowest BCUT2D eigenvalue weighted by atomic mass is 10.00. The minimum Gasteiger partial charge on any atom is -0.335 e. The molecular weight excluding hydrogens is 322 g/mol. The molecule has 1 aliphatic heterocycles. The average molecular weight is 337 g/mol. The fraction of sp³-hybridized carbons (Fsp3) is 0.583. The number of thiophene rings is 1. The predicted octanol–water partition coefficient (Wildman–Crippen LogP) is 4.18. The van der Waals surface area contributed by atoms with Crippen LogP contribution in [0.15, 0.2) is 12.1 Å². The first-order valence-corrected chi connectivity index (χ1v) is 8.16. The van der Waals surface area contributed by atoms with Gasteiger partial charge in [0.2, 0.25) is 0 Å². The Labute approximate surface area is 119 Å². The molecule has 2 heterocycles. The summed E-state index contributed by atoms with van der Waals surface area (Å²) in [5.74, 6) is 0.146. The highest BCUT2D eigenvalue weighted by atomic mass is 79.9. The SMILES string of the molecule is O=C(c1ccc(Cl)s1)N1CCCCC1CCBr. The highest BCUT2D eigenvalue weighted by molar-refractivity contribution is 9.09. The van der Waals surface area contributed by atoms with Gasteiger partial charge in [-0.2, -0.15) is 0 Å². The molecule has 1 aromatic rings. The molecule has 1 unspecified atom stereocenters. The second-order valence-electron chi connectivity index (χ2n) is 4.23. The van der Waals surface area contributed by atoms with Gasteiger partial charge in [-0.1, -0.05) is 27.5 Å². The monoisotopic (exact) mass is 335 g/mol. The summed E-state index contributed by atoms with van der Waals surface area (Å²) < 4.78 is 0.683. The summed E-state index contributed by atoms with van der Waals surface area (Å²) in [4.78, 5) is 15.1. The van der Waals surface area contributed by atoms with Crippen molar-refractivity contribution in [2.24, 2.45) is 0 Å². The van der Waals surface area contributed by atoms with Gasteiger partial charge in [0.1, 0.15) is 0 Å². The molecule has 0 aromatic carbocycles. The fourth-order valence-corrected chi connectivity index (χ4v) is 3.79. The molecule has 2 rings (SSSR count). The van der Waals surface area contributed by atoms with Gasteiger partial charge in [0, 0.05) is 17.9 Å². The molecule has 94 valence electrons. The number of nitrogens with zero attached hydrogens (tertiary/aromatic N) is 1. The number of amides is 1. The van der Waals surface area contributed by atoms with Gasteiger partial charge >= 0.3 is 0 Å². The van der Waals surface area contributed by atoms with Crippen molar-refractivity contribution >= 4 is 44.8 Å². The number of hydrogen-bond donors (Lipinski definition) is 0. The number of rotatable bonds is 3. The van der Waals surface area contributed by atoms with E-state index < -0.39 is 0 Å². The third-order valence-corrected chi connectivity index (χ3v) is 4.79. The summed E-state index contributed by atoms with van der Waals surface area (Å²) in [5, 5.41) is 0.951. The fourth-order valence-electron chi connectivity index (χ4n) is 2.26.